The van der Waals surface area contributed by atoms with Crippen LogP contribution in [0.15, 0.2) is 23.2 Å². The zero-order chi connectivity index (χ0) is 12.5. The van der Waals surface area contributed by atoms with Crippen LogP contribution >= 0.6 is 12.2 Å². The van der Waals surface area contributed by atoms with Gasteiger partial charge in [-0.15, -0.1) is 0 Å². The number of aliphatic imine (C=N–C) groups is 1. The Balaban J connectivity index is 2.58. The number of nitrogens with one attached hydrogen (secondary N) is 1. The van der Waals surface area contributed by atoms with E-state index >= 15 is 0 Å². The van der Waals surface area contributed by atoms with Crippen molar-refractivity contribution in [3.8, 4) is 0 Å². The van der Waals surface area contributed by atoms with Gasteiger partial charge in [0.2, 0.25) is 0 Å². The topological polar surface area (TPSA) is 80.4 Å². The lowest BCUT2D eigenvalue weighted by Crippen LogP contribution is -2.23. The molecule has 0 fully saturated rings. The molecule has 1 aromatic heterocycles. The number of nitrogens with two attached hydrogens (primary N) is 1. The largest absolute Gasteiger partial charge is 0.365 e. The first-order valence-electron chi connectivity index (χ1n) is 5.12. The van der Waals surface area contributed by atoms with Gasteiger partial charge in [0, 0.05) is 17.6 Å². The second kappa shape index (κ2) is 7.59. The van der Waals surface area contributed by atoms with E-state index in [-0.39, 0.29) is 0 Å². The average molecular weight is 250 g/mol. The fourth-order valence-corrected chi connectivity index (χ4v) is 1.24. The number of hydrogen-bond donors (Lipinski definition) is 2. The number of aromatic nitrogens is 1. The van der Waals surface area contributed by atoms with E-state index in [1.54, 1.807) is 23.6 Å². The molecule has 6 heteroatoms. The molecule has 1 heterocycles. The van der Waals surface area contributed by atoms with Crippen molar-refractivity contribution in [1.82, 2.24) is 4.98 Å². The predicted molar refractivity (Wildman–Crippen MR) is 73.1 cm³/mol. The standard InChI is InChI=1S/C11H14N4OS/c12-6-10(13-4-5-17)7-14-11-3-1-2-9(8-16)15-11/h1-3,5,8H,4,6-7,12H2,(H,14,15). The minimum atomic E-state index is 0.365. The number of carbonyl (C=O) groups is 1. The Labute approximate surface area is 105 Å². The maximum Gasteiger partial charge on any atom is 0.168 e. The van der Waals surface area contributed by atoms with E-state index in [4.69, 9.17) is 5.73 Å². The predicted octanol–water partition coefficient (Wildman–Crippen LogP) is 0.705. The van der Waals surface area contributed by atoms with Gasteiger partial charge < -0.3 is 11.1 Å². The molecule has 0 aromatic carbocycles. The van der Waals surface area contributed by atoms with Crippen LogP contribution in [0.1, 0.15) is 10.5 Å². The third-order valence-corrected chi connectivity index (χ3v) is 2.14. The lowest BCUT2D eigenvalue weighted by atomic mass is 10.3. The number of rotatable bonds is 7. The minimum Gasteiger partial charge on any atom is -0.365 e. The van der Waals surface area contributed by atoms with Crippen LogP contribution in [-0.4, -0.2) is 42.0 Å². The van der Waals surface area contributed by atoms with E-state index in [1.165, 1.54) is 0 Å². The maximum atomic E-state index is 10.5. The highest BCUT2D eigenvalue weighted by atomic mass is 32.1. The van der Waals surface area contributed by atoms with E-state index in [0.717, 1.165) is 5.71 Å². The molecule has 0 saturated carbocycles. The second-order valence-corrected chi connectivity index (χ2v) is 3.53. The molecule has 0 unspecified atom stereocenters. The number of thiocarbonyl (C=S) groups is 1. The third kappa shape index (κ3) is 4.80. The number of hydrogen-bond acceptors (Lipinski definition) is 6. The summed E-state index contributed by atoms with van der Waals surface area (Å²) in [6.07, 6.45) is 0.704. The molecule has 5 nitrogen and oxygen atoms in total. The molecule has 0 aliphatic heterocycles. The van der Waals surface area contributed by atoms with Crippen molar-refractivity contribution < 1.29 is 4.79 Å². The highest BCUT2D eigenvalue weighted by Crippen LogP contribution is 2.02. The molecule has 1 rings (SSSR count). The van der Waals surface area contributed by atoms with Gasteiger partial charge in [-0.2, -0.15) is 0 Å². The summed E-state index contributed by atoms with van der Waals surface area (Å²) in [6.45, 7) is 1.34. The van der Waals surface area contributed by atoms with Gasteiger partial charge in [0.05, 0.1) is 13.1 Å². The number of carbonyl (C=O) groups excluding carboxylic acids is 1. The lowest BCUT2D eigenvalue weighted by Gasteiger charge is -2.07. The molecule has 0 atom stereocenters. The van der Waals surface area contributed by atoms with Crippen LogP contribution in [0.25, 0.3) is 0 Å². The first-order valence-corrected chi connectivity index (χ1v) is 5.59. The summed E-state index contributed by atoms with van der Waals surface area (Å²) in [5.41, 5.74) is 6.74. The molecule has 0 spiro atoms. The lowest BCUT2D eigenvalue weighted by molar-refractivity contribution is 0.111. The smallest absolute Gasteiger partial charge is 0.168 e. The number of anilines is 1. The zero-order valence-electron chi connectivity index (χ0n) is 9.30. The quantitative estimate of drug-likeness (QED) is 0.423. The molecule has 0 aliphatic carbocycles. The van der Waals surface area contributed by atoms with Crippen molar-refractivity contribution in [3.63, 3.8) is 0 Å². The Kier molecular flexibility index (Phi) is 5.98. The number of nitrogens with zero attached hydrogens (tertiary/aromatic N) is 2. The van der Waals surface area contributed by atoms with E-state index < -0.39 is 0 Å². The summed E-state index contributed by atoms with van der Waals surface area (Å²) < 4.78 is 0. The second-order valence-electron chi connectivity index (χ2n) is 3.20. The Hall–Kier alpha value is -1.66. The summed E-state index contributed by atoms with van der Waals surface area (Å²) in [5, 5.41) is 4.59. The number of aldehydes is 1. The van der Waals surface area contributed by atoms with Gasteiger partial charge in [-0.1, -0.05) is 18.3 Å². The molecule has 17 heavy (non-hydrogen) atoms. The Morgan fingerprint density at radius 3 is 3.06 bits per heavy atom. The third-order valence-electron chi connectivity index (χ3n) is 1.99. The van der Waals surface area contributed by atoms with Crippen molar-refractivity contribution in [2.45, 2.75) is 0 Å². The van der Waals surface area contributed by atoms with Crippen LogP contribution in [0, 0.1) is 0 Å². The van der Waals surface area contributed by atoms with Gasteiger partial charge in [-0.3, -0.25) is 9.79 Å². The Morgan fingerprint density at radius 1 is 1.59 bits per heavy atom. The Morgan fingerprint density at radius 2 is 2.41 bits per heavy atom. The molecule has 3 N–H and O–H groups in total. The van der Waals surface area contributed by atoms with E-state index in [0.29, 0.717) is 37.4 Å². The maximum absolute atomic E-state index is 10.5. The molecule has 1 aromatic rings. The van der Waals surface area contributed by atoms with Crippen molar-refractivity contribution in [3.05, 3.63) is 23.9 Å². The highest BCUT2D eigenvalue weighted by Gasteiger charge is 1.99. The molecule has 0 amide bonds. The molecular formula is C11H14N4OS. The first kappa shape index (κ1) is 13.4. The molecule has 0 saturated heterocycles. The van der Waals surface area contributed by atoms with Crippen LogP contribution < -0.4 is 11.1 Å². The molecule has 0 bridgehead atoms. The Bertz CT molecular complexity index is 420. The van der Waals surface area contributed by atoms with Crippen molar-refractivity contribution >= 4 is 35.4 Å². The van der Waals surface area contributed by atoms with Crippen molar-refractivity contribution in [2.24, 2.45) is 10.7 Å². The average Bonchev–Trinajstić information content (AvgIpc) is 2.39. The van der Waals surface area contributed by atoms with Gasteiger partial charge in [-0.05, 0) is 12.1 Å². The van der Waals surface area contributed by atoms with Gasteiger partial charge >= 0.3 is 0 Å². The summed E-state index contributed by atoms with van der Waals surface area (Å²) >= 11 is 4.68. The molecule has 0 aliphatic rings. The van der Waals surface area contributed by atoms with E-state index in [2.05, 4.69) is 27.5 Å². The van der Waals surface area contributed by atoms with Gasteiger partial charge in [0.15, 0.2) is 6.29 Å². The summed E-state index contributed by atoms with van der Waals surface area (Å²) in [4.78, 5) is 18.8. The van der Waals surface area contributed by atoms with Gasteiger partial charge in [0.1, 0.15) is 11.5 Å². The summed E-state index contributed by atoms with van der Waals surface area (Å²) in [5.74, 6) is 0.623. The number of pyridine rings is 1. The molecular weight excluding hydrogens is 236 g/mol. The van der Waals surface area contributed by atoms with Crippen LogP contribution in [0.5, 0.6) is 0 Å². The van der Waals surface area contributed by atoms with Crippen LogP contribution in [0.4, 0.5) is 5.82 Å². The fourth-order valence-electron chi connectivity index (χ4n) is 1.17. The van der Waals surface area contributed by atoms with Crippen LogP contribution in [0.2, 0.25) is 0 Å². The van der Waals surface area contributed by atoms with Crippen LogP contribution in [-0.2, 0) is 0 Å². The monoisotopic (exact) mass is 250 g/mol. The summed E-state index contributed by atoms with van der Waals surface area (Å²) in [6, 6.07) is 5.18. The molecule has 0 radical (unpaired) electrons. The SMILES string of the molecule is NCC(CNc1cccc(C=O)n1)=NCC=S. The fraction of sp³-hybridized carbons (Fsp3) is 0.273. The van der Waals surface area contributed by atoms with Gasteiger partial charge in [-0.25, -0.2) is 4.98 Å². The van der Waals surface area contributed by atoms with E-state index in [9.17, 15) is 4.79 Å². The summed E-state index contributed by atoms with van der Waals surface area (Å²) in [7, 11) is 0. The minimum absolute atomic E-state index is 0.365. The normalized spacial score (nSPS) is 11.0. The van der Waals surface area contributed by atoms with Crippen molar-refractivity contribution in [1.29, 1.82) is 0 Å². The first-order chi connectivity index (χ1) is 8.30. The van der Waals surface area contributed by atoms with Crippen molar-refractivity contribution in [2.75, 3.05) is 25.0 Å². The van der Waals surface area contributed by atoms with E-state index in [1.807, 2.05) is 0 Å². The highest BCUT2D eigenvalue weighted by molar-refractivity contribution is 7.79. The zero-order valence-corrected chi connectivity index (χ0v) is 10.1. The van der Waals surface area contributed by atoms with Crippen LogP contribution in [0.3, 0.4) is 0 Å². The van der Waals surface area contributed by atoms with Gasteiger partial charge in [0.25, 0.3) is 0 Å². The molecule has 90 valence electrons.